The summed E-state index contributed by atoms with van der Waals surface area (Å²) in [6, 6.07) is 0. The van der Waals surface area contributed by atoms with E-state index in [1.807, 2.05) is 23.9 Å². The Morgan fingerprint density at radius 3 is 2.10 bits per heavy atom. The number of rotatable bonds is 0. The molecule has 0 bridgehead atoms. The van der Waals surface area contributed by atoms with E-state index >= 15 is 0 Å². The Kier molecular flexibility index (Phi) is 7.80. The zero-order valence-corrected chi connectivity index (χ0v) is 12.4. The molecule has 0 N–H and O–H groups in total. The molecule has 8 heteroatoms. The average molecular weight is 292 g/mol. The SMILES string of the molecule is CN1CCOCC1=NC#N.CN1CCOCCC1=NC#N. The fourth-order valence-corrected chi connectivity index (χ4v) is 1.77. The Morgan fingerprint density at radius 2 is 1.48 bits per heavy atom. The van der Waals surface area contributed by atoms with Gasteiger partial charge in [0.2, 0.25) is 12.4 Å². The molecular weight excluding hydrogens is 272 g/mol. The third-order valence-electron chi connectivity index (χ3n) is 3.08. The molecule has 0 amide bonds. The van der Waals surface area contributed by atoms with Crippen LogP contribution in [0.1, 0.15) is 6.42 Å². The van der Waals surface area contributed by atoms with Crippen LogP contribution < -0.4 is 0 Å². The maximum atomic E-state index is 8.32. The largest absolute Gasteiger partial charge is 0.379 e. The fraction of sp³-hybridized carbons (Fsp3) is 0.692. The van der Waals surface area contributed by atoms with Gasteiger partial charge in [0.1, 0.15) is 18.3 Å². The van der Waals surface area contributed by atoms with Crippen molar-refractivity contribution >= 4 is 11.7 Å². The van der Waals surface area contributed by atoms with Crippen LogP contribution in [-0.2, 0) is 9.47 Å². The molecule has 8 nitrogen and oxygen atoms in total. The molecule has 0 spiro atoms. The molecular formula is C13H20N6O2. The molecule has 0 aromatic heterocycles. The number of hydrogen-bond acceptors (Lipinski definition) is 6. The molecule has 0 aromatic carbocycles. The molecule has 21 heavy (non-hydrogen) atoms. The van der Waals surface area contributed by atoms with Crippen molar-refractivity contribution in [2.24, 2.45) is 9.98 Å². The fourth-order valence-electron chi connectivity index (χ4n) is 1.77. The topological polar surface area (TPSA) is 97.2 Å². The Labute approximate surface area is 124 Å². The number of nitriles is 2. The number of ether oxygens (including phenoxy) is 2. The van der Waals surface area contributed by atoms with Gasteiger partial charge >= 0.3 is 0 Å². The van der Waals surface area contributed by atoms with Crippen LogP contribution in [0.5, 0.6) is 0 Å². The first kappa shape index (κ1) is 16.9. The zero-order valence-electron chi connectivity index (χ0n) is 12.4. The Hall–Kier alpha value is -2.16. The summed E-state index contributed by atoms with van der Waals surface area (Å²) >= 11 is 0. The number of amidine groups is 2. The van der Waals surface area contributed by atoms with Gasteiger partial charge in [-0.1, -0.05) is 0 Å². The normalized spacial score (nSPS) is 22.9. The maximum absolute atomic E-state index is 8.32. The van der Waals surface area contributed by atoms with Crippen LogP contribution in [0.15, 0.2) is 9.98 Å². The highest BCUT2D eigenvalue weighted by Crippen LogP contribution is 1.99. The monoisotopic (exact) mass is 292 g/mol. The highest BCUT2D eigenvalue weighted by molar-refractivity contribution is 5.84. The number of morpholine rings is 1. The minimum Gasteiger partial charge on any atom is -0.379 e. The lowest BCUT2D eigenvalue weighted by Gasteiger charge is -2.24. The molecule has 0 radical (unpaired) electrons. The lowest BCUT2D eigenvalue weighted by molar-refractivity contribution is 0.125. The molecule has 2 heterocycles. The highest BCUT2D eigenvalue weighted by Gasteiger charge is 2.11. The van der Waals surface area contributed by atoms with Crippen LogP contribution in [0.2, 0.25) is 0 Å². The lowest BCUT2D eigenvalue weighted by Crippen LogP contribution is -2.38. The van der Waals surface area contributed by atoms with E-state index in [0.717, 1.165) is 38.6 Å². The van der Waals surface area contributed by atoms with Gasteiger partial charge < -0.3 is 19.3 Å². The van der Waals surface area contributed by atoms with E-state index in [0.29, 0.717) is 19.0 Å². The van der Waals surface area contributed by atoms with E-state index in [2.05, 4.69) is 9.98 Å². The van der Waals surface area contributed by atoms with Crippen LogP contribution in [0.25, 0.3) is 0 Å². The van der Waals surface area contributed by atoms with E-state index in [4.69, 9.17) is 20.0 Å². The summed E-state index contributed by atoms with van der Waals surface area (Å²) in [5, 5.41) is 16.5. The van der Waals surface area contributed by atoms with Crippen molar-refractivity contribution in [1.29, 1.82) is 10.5 Å². The van der Waals surface area contributed by atoms with Crippen molar-refractivity contribution in [3.8, 4) is 12.4 Å². The Morgan fingerprint density at radius 1 is 0.905 bits per heavy atom. The molecule has 2 aliphatic heterocycles. The molecule has 0 unspecified atom stereocenters. The molecule has 2 aliphatic rings. The van der Waals surface area contributed by atoms with Crippen molar-refractivity contribution in [2.75, 3.05) is 53.6 Å². The summed E-state index contributed by atoms with van der Waals surface area (Å²) in [6.07, 6.45) is 4.26. The number of hydrogen-bond donors (Lipinski definition) is 0. The van der Waals surface area contributed by atoms with Crippen molar-refractivity contribution in [3.05, 3.63) is 0 Å². The van der Waals surface area contributed by atoms with Gasteiger partial charge in [0.15, 0.2) is 0 Å². The third-order valence-corrected chi connectivity index (χ3v) is 3.08. The van der Waals surface area contributed by atoms with Crippen LogP contribution in [0.4, 0.5) is 0 Å². The second-order valence-electron chi connectivity index (χ2n) is 4.51. The van der Waals surface area contributed by atoms with Gasteiger partial charge in [-0.05, 0) is 0 Å². The maximum Gasteiger partial charge on any atom is 0.207 e. The van der Waals surface area contributed by atoms with E-state index in [-0.39, 0.29) is 0 Å². The molecule has 114 valence electrons. The van der Waals surface area contributed by atoms with Crippen molar-refractivity contribution < 1.29 is 9.47 Å². The number of nitrogens with zero attached hydrogens (tertiary/aromatic N) is 6. The van der Waals surface area contributed by atoms with Crippen LogP contribution >= 0.6 is 0 Å². The molecule has 2 fully saturated rings. The van der Waals surface area contributed by atoms with Crippen molar-refractivity contribution in [1.82, 2.24) is 9.80 Å². The predicted octanol–water partition coefficient (Wildman–Crippen LogP) is 0.0461. The van der Waals surface area contributed by atoms with Gasteiger partial charge in [0.25, 0.3) is 0 Å². The average Bonchev–Trinajstić information content (AvgIpc) is 2.68. The number of likely N-dealkylation sites (N-methyl/N-ethyl adjacent to an activating group) is 2. The summed E-state index contributed by atoms with van der Waals surface area (Å²) in [5.41, 5.74) is 0. The Bertz CT molecular complexity index is 462. The molecule has 0 saturated carbocycles. The lowest BCUT2D eigenvalue weighted by atomic mass is 10.4. The standard InChI is InChI=1S/C7H11N3O.C6H9N3O/c1-10-3-5-11-4-2-7(10)9-6-8;1-9-2-3-10-4-6(9)8-5-7/h2-5H2,1H3;2-4H2,1H3. The second kappa shape index (κ2) is 9.70. The van der Waals surface area contributed by atoms with Gasteiger partial charge in [-0.15, -0.1) is 0 Å². The first-order valence-electron chi connectivity index (χ1n) is 6.68. The van der Waals surface area contributed by atoms with E-state index in [1.54, 1.807) is 12.4 Å². The van der Waals surface area contributed by atoms with Crippen LogP contribution in [0.3, 0.4) is 0 Å². The summed E-state index contributed by atoms with van der Waals surface area (Å²) in [5.74, 6) is 1.54. The third kappa shape index (κ3) is 6.21. The zero-order chi connectivity index (χ0) is 15.5. The van der Waals surface area contributed by atoms with E-state index < -0.39 is 0 Å². The summed E-state index contributed by atoms with van der Waals surface area (Å²) in [4.78, 5) is 11.2. The summed E-state index contributed by atoms with van der Waals surface area (Å²) in [6.45, 7) is 4.22. The molecule has 0 aliphatic carbocycles. The predicted molar refractivity (Wildman–Crippen MR) is 77.6 cm³/mol. The summed E-state index contributed by atoms with van der Waals surface area (Å²) in [7, 11) is 3.82. The van der Waals surface area contributed by atoms with Crippen molar-refractivity contribution in [2.45, 2.75) is 6.42 Å². The quantitative estimate of drug-likeness (QED) is 0.585. The Balaban J connectivity index is 0.000000211. The number of aliphatic imine (C=N–C) groups is 2. The van der Waals surface area contributed by atoms with E-state index in [1.165, 1.54) is 0 Å². The van der Waals surface area contributed by atoms with Gasteiger partial charge in [-0.25, -0.2) is 0 Å². The van der Waals surface area contributed by atoms with Gasteiger partial charge in [0.05, 0.1) is 19.8 Å². The first-order valence-corrected chi connectivity index (χ1v) is 6.68. The molecule has 0 aromatic rings. The van der Waals surface area contributed by atoms with Crippen LogP contribution in [-0.4, -0.2) is 75.1 Å². The minimum absolute atomic E-state index is 0.462. The molecule has 2 rings (SSSR count). The first-order chi connectivity index (χ1) is 10.2. The molecule has 2 saturated heterocycles. The smallest absolute Gasteiger partial charge is 0.207 e. The minimum atomic E-state index is 0.462. The summed E-state index contributed by atoms with van der Waals surface area (Å²) < 4.78 is 10.3. The van der Waals surface area contributed by atoms with Gasteiger partial charge in [-0.3, -0.25) is 0 Å². The van der Waals surface area contributed by atoms with Crippen molar-refractivity contribution in [3.63, 3.8) is 0 Å². The second-order valence-corrected chi connectivity index (χ2v) is 4.51. The van der Waals surface area contributed by atoms with Crippen LogP contribution in [0, 0.1) is 22.9 Å². The highest BCUT2D eigenvalue weighted by atomic mass is 16.5. The van der Waals surface area contributed by atoms with Gasteiger partial charge in [-0.2, -0.15) is 20.5 Å². The molecule has 0 atom stereocenters. The van der Waals surface area contributed by atoms with E-state index in [9.17, 15) is 0 Å². The van der Waals surface area contributed by atoms with Gasteiger partial charge in [0, 0.05) is 33.6 Å².